The Hall–Kier alpha value is -1.36. The maximum atomic E-state index is 10.6. The molecule has 0 radical (unpaired) electrons. The molecule has 1 aromatic carbocycles. The van der Waals surface area contributed by atoms with Crippen LogP contribution in [0.4, 0.5) is 0 Å². The number of carboxylic acids is 1. The van der Waals surface area contributed by atoms with E-state index < -0.39 is 12.0 Å². The zero-order valence-electron chi connectivity index (χ0n) is 7.81. The molecule has 0 aliphatic rings. The summed E-state index contributed by atoms with van der Waals surface area (Å²) in [7, 11) is 0. The highest BCUT2D eigenvalue weighted by Gasteiger charge is 2.14. The van der Waals surface area contributed by atoms with Crippen LogP contribution in [0.1, 0.15) is 18.0 Å². The van der Waals surface area contributed by atoms with Gasteiger partial charge < -0.3 is 10.4 Å². The Labute approximate surface area is 95.4 Å². The molecular formula is C10H10BrNO3. The average Bonchev–Trinajstić information content (AvgIpc) is 2.16. The molecule has 4 nitrogen and oxygen atoms in total. The van der Waals surface area contributed by atoms with Crippen molar-refractivity contribution in [3.8, 4) is 0 Å². The van der Waals surface area contributed by atoms with Gasteiger partial charge in [0.2, 0.25) is 6.41 Å². The van der Waals surface area contributed by atoms with Crippen LogP contribution in [-0.2, 0) is 9.59 Å². The van der Waals surface area contributed by atoms with E-state index in [-0.39, 0.29) is 6.42 Å². The number of halogens is 1. The van der Waals surface area contributed by atoms with Gasteiger partial charge in [0, 0.05) is 4.47 Å². The molecule has 0 fully saturated rings. The van der Waals surface area contributed by atoms with Crippen LogP contribution in [-0.4, -0.2) is 17.5 Å². The zero-order chi connectivity index (χ0) is 11.3. The van der Waals surface area contributed by atoms with Crippen LogP contribution in [0.5, 0.6) is 0 Å². The van der Waals surface area contributed by atoms with Crippen molar-refractivity contribution in [3.63, 3.8) is 0 Å². The highest BCUT2D eigenvalue weighted by molar-refractivity contribution is 9.10. The summed E-state index contributed by atoms with van der Waals surface area (Å²) in [5.41, 5.74) is 0.763. The number of hydrogen-bond acceptors (Lipinski definition) is 2. The van der Waals surface area contributed by atoms with Crippen molar-refractivity contribution in [1.82, 2.24) is 5.32 Å². The number of carboxylic acid groups (broad SMARTS) is 1. The van der Waals surface area contributed by atoms with Gasteiger partial charge in [-0.2, -0.15) is 0 Å². The van der Waals surface area contributed by atoms with Gasteiger partial charge in [0.05, 0.1) is 12.5 Å². The van der Waals surface area contributed by atoms with Crippen molar-refractivity contribution >= 4 is 28.3 Å². The molecule has 0 aliphatic carbocycles. The normalized spacial score (nSPS) is 11.8. The summed E-state index contributed by atoms with van der Waals surface area (Å²) in [6.45, 7) is 0. The van der Waals surface area contributed by atoms with Crippen LogP contribution in [0.3, 0.4) is 0 Å². The van der Waals surface area contributed by atoms with E-state index in [1.807, 2.05) is 6.07 Å². The zero-order valence-corrected chi connectivity index (χ0v) is 9.40. The van der Waals surface area contributed by atoms with E-state index in [9.17, 15) is 9.59 Å². The molecule has 1 atom stereocenters. The Balaban J connectivity index is 2.87. The molecular weight excluding hydrogens is 262 g/mol. The molecule has 0 saturated heterocycles. The quantitative estimate of drug-likeness (QED) is 0.802. The maximum absolute atomic E-state index is 10.6. The van der Waals surface area contributed by atoms with E-state index in [0.717, 1.165) is 10.0 Å². The summed E-state index contributed by atoms with van der Waals surface area (Å²) in [5.74, 6) is -0.950. The molecule has 15 heavy (non-hydrogen) atoms. The molecule has 0 aromatic heterocycles. The lowest BCUT2D eigenvalue weighted by Crippen LogP contribution is -2.22. The van der Waals surface area contributed by atoms with Crippen LogP contribution < -0.4 is 5.32 Å². The minimum atomic E-state index is -0.950. The van der Waals surface area contributed by atoms with E-state index in [2.05, 4.69) is 21.2 Å². The lowest BCUT2D eigenvalue weighted by molar-refractivity contribution is -0.137. The number of hydrogen-bond donors (Lipinski definition) is 2. The molecule has 5 heteroatoms. The van der Waals surface area contributed by atoms with Gasteiger partial charge in [0.1, 0.15) is 0 Å². The maximum Gasteiger partial charge on any atom is 0.305 e. The number of carbonyl (C=O) groups excluding carboxylic acids is 1. The molecule has 2 N–H and O–H groups in total. The summed E-state index contributed by atoms with van der Waals surface area (Å²) >= 11 is 3.28. The van der Waals surface area contributed by atoms with Crippen molar-refractivity contribution in [1.29, 1.82) is 0 Å². The predicted molar refractivity (Wildman–Crippen MR) is 58.3 cm³/mol. The molecule has 0 heterocycles. The fourth-order valence-electron chi connectivity index (χ4n) is 1.25. The molecule has 0 bridgehead atoms. The average molecular weight is 272 g/mol. The van der Waals surface area contributed by atoms with E-state index in [1.165, 1.54) is 0 Å². The number of benzene rings is 1. The first-order valence-corrected chi connectivity index (χ1v) is 5.09. The van der Waals surface area contributed by atoms with Gasteiger partial charge in [-0.1, -0.05) is 28.1 Å². The second-order valence-electron chi connectivity index (χ2n) is 2.99. The largest absolute Gasteiger partial charge is 0.481 e. The predicted octanol–water partition coefficient (Wildman–Crippen LogP) is 1.71. The SMILES string of the molecule is O=CN[C@@H](CC(=O)O)c1cccc(Br)c1. The highest BCUT2D eigenvalue weighted by Crippen LogP contribution is 2.20. The second kappa shape index (κ2) is 5.50. The van der Waals surface area contributed by atoms with Crippen LogP contribution in [0, 0.1) is 0 Å². The Bertz CT molecular complexity index is 367. The first-order chi connectivity index (χ1) is 7.13. The number of carbonyl (C=O) groups is 2. The smallest absolute Gasteiger partial charge is 0.305 e. The Morgan fingerprint density at radius 3 is 2.87 bits per heavy atom. The van der Waals surface area contributed by atoms with Crippen molar-refractivity contribution in [2.24, 2.45) is 0 Å². The standard InChI is InChI=1S/C10H10BrNO3/c11-8-3-1-2-7(4-8)9(12-6-13)5-10(14)15/h1-4,6,9H,5H2,(H,12,13)(H,14,15)/t9-/m0/s1. The molecule has 1 amide bonds. The summed E-state index contributed by atoms with van der Waals surface area (Å²) in [5, 5.41) is 11.1. The number of aliphatic carboxylic acids is 1. The van der Waals surface area contributed by atoms with E-state index in [1.54, 1.807) is 18.2 Å². The topological polar surface area (TPSA) is 66.4 Å². The van der Waals surface area contributed by atoms with E-state index >= 15 is 0 Å². The van der Waals surface area contributed by atoms with E-state index in [0.29, 0.717) is 6.41 Å². The minimum absolute atomic E-state index is 0.130. The van der Waals surface area contributed by atoms with Gasteiger partial charge in [0.15, 0.2) is 0 Å². The first-order valence-electron chi connectivity index (χ1n) is 4.30. The molecule has 0 unspecified atom stereocenters. The third-order valence-corrected chi connectivity index (χ3v) is 2.39. The fraction of sp³-hybridized carbons (Fsp3) is 0.200. The molecule has 0 saturated carbocycles. The first kappa shape index (κ1) is 11.7. The molecule has 80 valence electrons. The van der Waals surface area contributed by atoms with Gasteiger partial charge in [-0.3, -0.25) is 9.59 Å². The van der Waals surface area contributed by atoms with Crippen molar-refractivity contribution in [2.45, 2.75) is 12.5 Å². The summed E-state index contributed by atoms with van der Waals surface area (Å²) in [6.07, 6.45) is 0.379. The summed E-state index contributed by atoms with van der Waals surface area (Å²) < 4.78 is 0.850. The minimum Gasteiger partial charge on any atom is -0.481 e. The van der Waals surface area contributed by atoms with E-state index in [4.69, 9.17) is 5.11 Å². The molecule has 1 rings (SSSR count). The van der Waals surface area contributed by atoms with Gasteiger partial charge in [0.25, 0.3) is 0 Å². The van der Waals surface area contributed by atoms with Gasteiger partial charge in [-0.25, -0.2) is 0 Å². The molecule has 0 aliphatic heterocycles. The Kier molecular flexibility index (Phi) is 4.30. The van der Waals surface area contributed by atoms with Crippen LogP contribution in [0.2, 0.25) is 0 Å². The van der Waals surface area contributed by atoms with Crippen LogP contribution in [0.25, 0.3) is 0 Å². The van der Waals surface area contributed by atoms with Gasteiger partial charge >= 0.3 is 5.97 Å². The monoisotopic (exact) mass is 271 g/mol. The number of amides is 1. The highest BCUT2D eigenvalue weighted by atomic mass is 79.9. The number of nitrogens with one attached hydrogen (secondary N) is 1. The Morgan fingerprint density at radius 1 is 1.60 bits per heavy atom. The van der Waals surface area contributed by atoms with Gasteiger partial charge in [-0.15, -0.1) is 0 Å². The third kappa shape index (κ3) is 3.71. The van der Waals surface area contributed by atoms with Crippen molar-refractivity contribution in [2.75, 3.05) is 0 Å². The number of rotatable bonds is 5. The van der Waals surface area contributed by atoms with Crippen LogP contribution >= 0.6 is 15.9 Å². The lowest BCUT2D eigenvalue weighted by Gasteiger charge is -2.14. The lowest BCUT2D eigenvalue weighted by atomic mass is 10.0. The summed E-state index contributed by atoms with van der Waals surface area (Å²) in [4.78, 5) is 20.9. The van der Waals surface area contributed by atoms with Crippen molar-refractivity contribution < 1.29 is 14.7 Å². The molecule has 1 aromatic rings. The van der Waals surface area contributed by atoms with Crippen molar-refractivity contribution in [3.05, 3.63) is 34.3 Å². The fourth-order valence-corrected chi connectivity index (χ4v) is 1.67. The molecule has 0 spiro atoms. The summed E-state index contributed by atoms with van der Waals surface area (Å²) in [6, 6.07) is 6.69. The van der Waals surface area contributed by atoms with Crippen LogP contribution in [0.15, 0.2) is 28.7 Å². The van der Waals surface area contributed by atoms with Gasteiger partial charge in [-0.05, 0) is 17.7 Å². The second-order valence-corrected chi connectivity index (χ2v) is 3.91. The third-order valence-electron chi connectivity index (χ3n) is 1.90. The Morgan fingerprint density at radius 2 is 2.33 bits per heavy atom.